The highest BCUT2D eigenvalue weighted by atomic mass is 35.5. The number of halogens is 5. The van der Waals surface area contributed by atoms with E-state index in [1.807, 2.05) is 11.8 Å². The number of nitrogens with zero attached hydrogens (tertiary/aromatic N) is 7. The normalized spacial score (nSPS) is 20.4. The number of amides is 1. The first-order chi connectivity index (χ1) is 17.1. The number of carbonyl (C=O) groups excluding carboxylic acids is 1. The van der Waals surface area contributed by atoms with Crippen LogP contribution < -0.4 is 4.90 Å². The highest BCUT2D eigenvalue weighted by Gasteiger charge is 2.41. The van der Waals surface area contributed by atoms with Gasteiger partial charge in [0.05, 0.1) is 22.8 Å². The number of pyridine rings is 1. The van der Waals surface area contributed by atoms with Gasteiger partial charge in [-0.05, 0) is 24.5 Å². The molecule has 36 heavy (non-hydrogen) atoms. The average Bonchev–Trinajstić information content (AvgIpc) is 3.29. The van der Waals surface area contributed by atoms with Crippen LogP contribution in [0.5, 0.6) is 0 Å². The fourth-order valence-electron chi connectivity index (χ4n) is 5.12. The van der Waals surface area contributed by atoms with Gasteiger partial charge in [-0.15, -0.1) is 10.2 Å². The summed E-state index contributed by atoms with van der Waals surface area (Å²) in [6.07, 6.45) is -2.83. The van der Waals surface area contributed by atoms with Crippen LogP contribution in [-0.4, -0.2) is 50.2 Å². The van der Waals surface area contributed by atoms with E-state index >= 15 is 0 Å². The quantitative estimate of drug-likeness (QED) is 0.473. The molecule has 0 spiro atoms. The van der Waals surface area contributed by atoms with Gasteiger partial charge < -0.3 is 14.4 Å². The Morgan fingerprint density at radius 2 is 2.00 bits per heavy atom. The number of hydrogen-bond acceptors (Lipinski definition) is 6. The van der Waals surface area contributed by atoms with Crippen LogP contribution in [0.25, 0.3) is 10.9 Å². The topological polar surface area (TPSA) is 90.9 Å². The molecule has 3 aromatic rings. The number of alkyl halides is 3. The Morgan fingerprint density at radius 1 is 1.22 bits per heavy atom. The van der Waals surface area contributed by atoms with Crippen molar-refractivity contribution in [3.63, 3.8) is 0 Å². The molecule has 2 aliphatic rings. The van der Waals surface area contributed by atoms with Gasteiger partial charge in [0.1, 0.15) is 11.6 Å². The molecule has 4 heterocycles. The van der Waals surface area contributed by atoms with Crippen molar-refractivity contribution in [2.45, 2.75) is 32.6 Å². The molecule has 188 valence electrons. The number of nitriles is 1. The van der Waals surface area contributed by atoms with Crippen LogP contribution in [-0.2, 0) is 24.1 Å². The fraction of sp³-hybridized carbons (Fsp3) is 0.435. The molecule has 2 unspecified atom stereocenters. The van der Waals surface area contributed by atoms with Crippen molar-refractivity contribution < 1.29 is 22.4 Å². The van der Waals surface area contributed by atoms with Crippen LogP contribution >= 0.6 is 11.6 Å². The second-order valence-electron chi connectivity index (χ2n) is 9.06. The number of benzene rings is 1. The zero-order valence-corrected chi connectivity index (χ0v) is 19.8. The molecule has 1 fully saturated rings. The van der Waals surface area contributed by atoms with Crippen LogP contribution in [0.1, 0.15) is 30.6 Å². The van der Waals surface area contributed by atoms with Crippen molar-refractivity contribution in [1.82, 2.24) is 24.6 Å². The molecule has 2 aliphatic heterocycles. The highest BCUT2D eigenvalue weighted by Crippen LogP contribution is 2.37. The monoisotopic (exact) mass is 521 g/mol. The molecule has 0 radical (unpaired) electrons. The number of rotatable bonds is 2. The first kappa shape index (κ1) is 24.2. The molecule has 0 aliphatic carbocycles. The third kappa shape index (κ3) is 4.01. The van der Waals surface area contributed by atoms with E-state index in [1.165, 1.54) is 17.2 Å². The van der Waals surface area contributed by atoms with Crippen molar-refractivity contribution in [3.05, 3.63) is 46.4 Å². The second kappa shape index (κ2) is 8.89. The summed E-state index contributed by atoms with van der Waals surface area (Å²) >= 11 is 5.90. The highest BCUT2D eigenvalue weighted by molar-refractivity contribution is 6.31. The summed E-state index contributed by atoms with van der Waals surface area (Å²) < 4.78 is 54.9. The Labute approximate surface area is 208 Å². The molecular formula is C23H20ClF4N7O. The van der Waals surface area contributed by atoms with E-state index in [0.29, 0.717) is 30.6 Å². The van der Waals surface area contributed by atoms with Gasteiger partial charge >= 0.3 is 6.18 Å². The van der Waals surface area contributed by atoms with Crippen molar-refractivity contribution in [3.8, 4) is 6.07 Å². The summed E-state index contributed by atoms with van der Waals surface area (Å²) in [5.41, 5.74) is 0.900. The predicted octanol–water partition coefficient (Wildman–Crippen LogP) is 4.01. The standard InChI is InChI=1S/C23H20ClF4N7O/c1-12-10-33(20-13(8-29)9-30-19-15(20)2-3-16(24)18(19)25)5-4-14(12)21(36)34-6-7-35-17(11-34)31-32-22(35)23(26,27)28/h2-3,9,12,14H,4-7,10-11H2,1H3. The lowest BCUT2D eigenvalue weighted by Crippen LogP contribution is -2.49. The number of piperidine rings is 1. The Morgan fingerprint density at radius 3 is 2.69 bits per heavy atom. The van der Waals surface area contributed by atoms with Crippen molar-refractivity contribution in [2.75, 3.05) is 24.5 Å². The maximum absolute atomic E-state index is 14.6. The maximum atomic E-state index is 14.6. The average molecular weight is 522 g/mol. The Bertz CT molecular complexity index is 1400. The summed E-state index contributed by atoms with van der Waals surface area (Å²) in [7, 11) is 0. The Kier molecular flexibility index (Phi) is 5.98. The lowest BCUT2D eigenvalue weighted by atomic mass is 9.85. The zero-order chi connectivity index (χ0) is 25.8. The van der Waals surface area contributed by atoms with E-state index in [9.17, 15) is 27.6 Å². The van der Waals surface area contributed by atoms with Crippen molar-refractivity contribution in [2.24, 2.45) is 11.8 Å². The fourth-order valence-corrected chi connectivity index (χ4v) is 5.27. The summed E-state index contributed by atoms with van der Waals surface area (Å²) in [6, 6.07) is 5.16. The van der Waals surface area contributed by atoms with Gasteiger partial charge in [0.25, 0.3) is 0 Å². The maximum Gasteiger partial charge on any atom is 0.451 e. The second-order valence-corrected chi connectivity index (χ2v) is 9.46. The first-order valence-corrected chi connectivity index (χ1v) is 11.7. The predicted molar refractivity (Wildman–Crippen MR) is 121 cm³/mol. The van der Waals surface area contributed by atoms with E-state index in [-0.39, 0.29) is 59.3 Å². The zero-order valence-electron chi connectivity index (χ0n) is 19.1. The summed E-state index contributed by atoms with van der Waals surface area (Å²) in [5, 5.41) is 17.0. The Hall–Kier alpha value is -3.46. The minimum Gasteiger partial charge on any atom is -0.370 e. The van der Waals surface area contributed by atoms with Crippen LogP contribution in [0.15, 0.2) is 18.3 Å². The van der Waals surface area contributed by atoms with Crippen LogP contribution in [0.4, 0.5) is 23.2 Å². The number of hydrogen-bond donors (Lipinski definition) is 0. The Balaban J connectivity index is 1.35. The van der Waals surface area contributed by atoms with Crippen LogP contribution in [0.2, 0.25) is 5.02 Å². The van der Waals surface area contributed by atoms with E-state index in [4.69, 9.17) is 11.6 Å². The molecule has 1 amide bonds. The van der Waals surface area contributed by atoms with Gasteiger partial charge in [0, 0.05) is 43.7 Å². The molecule has 2 aromatic heterocycles. The number of anilines is 1. The molecular weight excluding hydrogens is 502 g/mol. The van der Waals surface area contributed by atoms with Crippen molar-refractivity contribution in [1.29, 1.82) is 5.26 Å². The third-order valence-electron chi connectivity index (χ3n) is 6.88. The summed E-state index contributed by atoms with van der Waals surface area (Å²) in [6.45, 7) is 2.84. The van der Waals surface area contributed by atoms with Crippen LogP contribution in [0.3, 0.4) is 0 Å². The molecule has 1 saturated heterocycles. The molecule has 13 heteroatoms. The minimum absolute atomic E-state index is 0.0290. The number of carbonyl (C=O) groups is 1. The lowest BCUT2D eigenvalue weighted by Gasteiger charge is -2.40. The molecule has 8 nitrogen and oxygen atoms in total. The van der Waals surface area contributed by atoms with Gasteiger partial charge in [-0.25, -0.2) is 4.39 Å². The minimum atomic E-state index is -4.60. The van der Waals surface area contributed by atoms with Gasteiger partial charge in [-0.2, -0.15) is 18.4 Å². The van der Waals surface area contributed by atoms with E-state index in [1.54, 1.807) is 6.07 Å². The molecule has 0 N–H and O–H groups in total. The molecule has 5 rings (SSSR count). The van der Waals surface area contributed by atoms with Gasteiger partial charge in [0.15, 0.2) is 11.6 Å². The van der Waals surface area contributed by atoms with E-state index in [0.717, 1.165) is 4.57 Å². The van der Waals surface area contributed by atoms with E-state index in [2.05, 4.69) is 21.3 Å². The molecule has 0 saturated carbocycles. The first-order valence-electron chi connectivity index (χ1n) is 11.3. The van der Waals surface area contributed by atoms with Gasteiger partial charge in [-0.1, -0.05) is 18.5 Å². The van der Waals surface area contributed by atoms with Crippen LogP contribution in [0, 0.1) is 29.0 Å². The third-order valence-corrected chi connectivity index (χ3v) is 7.17. The molecule has 0 bridgehead atoms. The van der Waals surface area contributed by atoms with Crippen molar-refractivity contribution >= 4 is 34.1 Å². The van der Waals surface area contributed by atoms with Gasteiger partial charge in [0.2, 0.25) is 11.7 Å². The molecule has 1 aromatic carbocycles. The summed E-state index contributed by atoms with van der Waals surface area (Å²) in [4.78, 5) is 20.9. The smallest absolute Gasteiger partial charge is 0.370 e. The number of aromatic nitrogens is 4. The SMILES string of the molecule is CC1CN(c2c(C#N)cnc3c(F)c(Cl)ccc23)CCC1C(=O)N1CCn2c(nnc2C(F)(F)F)C1. The largest absolute Gasteiger partial charge is 0.451 e. The lowest BCUT2D eigenvalue weighted by molar-refractivity contribution is -0.148. The number of fused-ring (bicyclic) bond motifs is 2. The summed E-state index contributed by atoms with van der Waals surface area (Å²) in [5.74, 6) is -2.25. The van der Waals surface area contributed by atoms with Gasteiger partial charge in [-0.3, -0.25) is 9.78 Å². The van der Waals surface area contributed by atoms with E-state index < -0.39 is 17.8 Å². The molecule has 2 atom stereocenters.